The van der Waals surface area contributed by atoms with Crippen LogP contribution in [-0.4, -0.2) is 27.0 Å². The van der Waals surface area contributed by atoms with Gasteiger partial charge < -0.3 is 19.9 Å². The number of non-ortho nitro benzene ring substituents is 1. The van der Waals surface area contributed by atoms with Gasteiger partial charge in [-0.1, -0.05) is 23.2 Å². The molecule has 0 aliphatic heterocycles. The predicted octanol–water partition coefficient (Wildman–Crippen LogP) is 4.82. The Morgan fingerprint density at radius 3 is 2.41 bits per heavy atom. The second kappa shape index (κ2) is 7.82. The van der Waals surface area contributed by atoms with E-state index in [1.807, 2.05) is 0 Å². The summed E-state index contributed by atoms with van der Waals surface area (Å²) in [6.07, 6.45) is 1.02. The molecule has 1 amide bonds. The van der Waals surface area contributed by atoms with Crippen molar-refractivity contribution in [3.05, 3.63) is 73.9 Å². The normalized spacial score (nSPS) is 10.6. The van der Waals surface area contributed by atoms with Crippen LogP contribution in [0.1, 0.15) is 20.7 Å². The number of carboxylic acid groups (broad SMARTS) is 1. The molecule has 3 aromatic rings. The molecule has 0 atom stereocenters. The standard InChI is InChI=1S/C18H10Cl2N2O7/c19-12-5-11(15(23)6-10(12)16-3-8(7-29-16)18(25)26)17(24)21-14-2-1-9(22(27)28)4-13(14)20/h1-7,23H,(H,21,24)(H,25,26). The second-order valence-electron chi connectivity index (χ2n) is 5.73. The molecular weight excluding hydrogens is 427 g/mol. The number of nitrogens with zero attached hydrogens (tertiary/aromatic N) is 1. The lowest BCUT2D eigenvalue weighted by molar-refractivity contribution is -0.384. The number of rotatable bonds is 5. The summed E-state index contributed by atoms with van der Waals surface area (Å²) in [4.78, 5) is 33.5. The highest BCUT2D eigenvalue weighted by Crippen LogP contribution is 2.35. The first-order valence-electron chi connectivity index (χ1n) is 7.77. The maximum absolute atomic E-state index is 12.5. The summed E-state index contributed by atoms with van der Waals surface area (Å²) in [6.45, 7) is 0. The minimum absolute atomic E-state index is 0.0223. The third kappa shape index (κ3) is 4.15. The number of nitro benzene ring substituents is 1. The van der Waals surface area contributed by atoms with Gasteiger partial charge in [-0.15, -0.1) is 0 Å². The molecule has 0 fully saturated rings. The fourth-order valence-corrected chi connectivity index (χ4v) is 2.91. The summed E-state index contributed by atoms with van der Waals surface area (Å²) in [5, 5.41) is 32.3. The number of aromatic carboxylic acids is 1. The summed E-state index contributed by atoms with van der Waals surface area (Å²) in [7, 11) is 0. The molecule has 3 rings (SSSR count). The van der Waals surface area contributed by atoms with Gasteiger partial charge in [-0.05, 0) is 24.3 Å². The number of amides is 1. The van der Waals surface area contributed by atoms with Crippen molar-refractivity contribution < 1.29 is 29.1 Å². The first-order valence-corrected chi connectivity index (χ1v) is 8.53. The number of hydrogen-bond acceptors (Lipinski definition) is 6. The zero-order chi connectivity index (χ0) is 21.3. The van der Waals surface area contributed by atoms with Crippen molar-refractivity contribution >= 4 is 46.5 Å². The van der Waals surface area contributed by atoms with Crippen LogP contribution in [0.2, 0.25) is 10.0 Å². The average molecular weight is 437 g/mol. The van der Waals surface area contributed by atoms with Crippen LogP contribution in [0.4, 0.5) is 11.4 Å². The second-order valence-corrected chi connectivity index (χ2v) is 6.54. The van der Waals surface area contributed by atoms with E-state index in [0.29, 0.717) is 0 Å². The fourth-order valence-electron chi connectivity index (χ4n) is 2.43. The van der Waals surface area contributed by atoms with Gasteiger partial charge in [-0.2, -0.15) is 0 Å². The van der Waals surface area contributed by atoms with Gasteiger partial charge in [-0.25, -0.2) is 4.79 Å². The number of halogens is 2. The van der Waals surface area contributed by atoms with Crippen LogP contribution in [0.5, 0.6) is 5.75 Å². The van der Waals surface area contributed by atoms with E-state index in [2.05, 4.69) is 5.32 Å². The van der Waals surface area contributed by atoms with Crippen LogP contribution in [0.25, 0.3) is 11.3 Å². The van der Waals surface area contributed by atoms with Crippen LogP contribution in [0.15, 0.2) is 47.1 Å². The molecule has 0 radical (unpaired) electrons. The Morgan fingerprint density at radius 1 is 1.10 bits per heavy atom. The van der Waals surface area contributed by atoms with Gasteiger partial charge in [0.15, 0.2) is 0 Å². The van der Waals surface area contributed by atoms with Crippen molar-refractivity contribution in [1.82, 2.24) is 0 Å². The van der Waals surface area contributed by atoms with Gasteiger partial charge in [0.2, 0.25) is 0 Å². The van der Waals surface area contributed by atoms with E-state index in [4.69, 9.17) is 32.7 Å². The van der Waals surface area contributed by atoms with Crippen molar-refractivity contribution in [3.8, 4) is 17.1 Å². The number of phenolic OH excluding ortho intramolecular Hbond substituents is 1. The van der Waals surface area contributed by atoms with Crippen LogP contribution in [0.3, 0.4) is 0 Å². The van der Waals surface area contributed by atoms with Crippen LogP contribution in [-0.2, 0) is 0 Å². The Hall–Kier alpha value is -3.56. The zero-order valence-corrected chi connectivity index (χ0v) is 15.7. The molecule has 0 bridgehead atoms. The van der Waals surface area contributed by atoms with Gasteiger partial charge in [0.05, 0.1) is 31.8 Å². The summed E-state index contributed by atoms with van der Waals surface area (Å²) < 4.78 is 5.14. The molecule has 0 aliphatic rings. The number of carboxylic acids is 1. The first kappa shape index (κ1) is 20.2. The van der Waals surface area contributed by atoms with Crippen LogP contribution >= 0.6 is 23.2 Å². The Morgan fingerprint density at radius 2 is 1.83 bits per heavy atom. The van der Waals surface area contributed by atoms with Crippen molar-refractivity contribution in [2.75, 3.05) is 5.32 Å². The summed E-state index contributed by atoms with van der Waals surface area (Å²) in [6, 6.07) is 7.03. The molecule has 0 saturated heterocycles. The minimum Gasteiger partial charge on any atom is -0.507 e. The van der Waals surface area contributed by atoms with E-state index >= 15 is 0 Å². The zero-order valence-electron chi connectivity index (χ0n) is 14.2. The quantitative estimate of drug-likeness (QED) is 0.384. The molecule has 9 nitrogen and oxygen atoms in total. The fraction of sp³-hybridized carbons (Fsp3) is 0. The van der Waals surface area contributed by atoms with E-state index in [1.54, 1.807) is 0 Å². The molecule has 0 unspecified atom stereocenters. The number of carbonyl (C=O) groups is 2. The van der Waals surface area contributed by atoms with Crippen molar-refractivity contribution in [1.29, 1.82) is 0 Å². The highest BCUT2D eigenvalue weighted by molar-refractivity contribution is 6.35. The Labute approximate surface area is 172 Å². The Balaban J connectivity index is 1.89. The molecule has 1 aromatic heterocycles. The largest absolute Gasteiger partial charge is 0.507 e. The van der Waals surface area contributed by atoms with E-state index in [9.17, 15) is 24.8 Å². The molecular formula is C18H10Cl2N2O7. The van der Waals surface area contributed by atoms with Crippen molar-refractivity contribution in [2.24, 2.45) is 0 Å². The number of benzene rings is 2. The molecule has 2 aromatic carbocycles. The number of anilines is 1. The monoisotopic (exact) mass is 436 g/mol. The third-order valence-corrected chi connectivity index (χ3v) is 4.48. The number of phenols is 1. The first-order chi connectivity index (χ1) is 13.7. The number of carbonyl (C=O) groups excluding carboxylic acids is 1. The number of furan rings is 1. The lowest BCUT2D eigenvalue weighted by atomic mass is 10.1. The Kier molecular flexibility index (Phi) is 5.44. The SMILES string of the molecule is O=C(O)c1coc(-c2cc(O)c(C(=O)Nc3ccc([N+](=O)[O-])cc3Cl)cc2Cl)c1. The van der Waals surface area contributed by atoms with E-state index in [0.717, 1.165) is 24.5 Å². The van der Waals surface area contributed by atoms with Crippen LogP contribution in [0, 0.1) is 10.1 Å². The smallest absolute Gasteiger partial charge is 0.338 e. The predicted molar refractivity (Wildman–Crippen MR) is 104 cm³/mol. The van der Waals surface area contributed by atoms with Gasteiger partial charge in [0.1, 0.15) is 17.8 Å². The van der Waals surface area contributed by atoms with Gasteiger partial charge in [0, 0.05) is 17.7 Å². The highest BCUT2D eigenvalue weighted by Gasteiger charge is 2.20. The maximum Gasteiger partial charge on any atom is 0.338 e. The van der Waals surface area contributed by atoms with Gasteiger partial charge >= 0.3 is 5.97 Å². The van der Waals surface area contributed by atoms with Gasteiger partial charge in [-0.3, -0.25) is 14.9 Å². The lowest BCUT2D eigenvalue weighted by Gasteiger charge is -2.10. The topological polar surface area (TPSA) is 143 Å². The van der Waals surface area contributed by atoms with E-state index < -0.39 is 22.5 Å². The van der Waals surface area contributed by atoms with Crippen molar-refractivity contribution in [3.63, 3.8) is 0 Å². The molecule has 3 N–H and O–H groups in total. The third-order valence-electron chi connectivity index (χ3n) is 3.85. The van der Waals surface area contributed by atoms with E-state index in [-0.39, 0.29) is 43.9 Å². The molecule has 1 heterocycles. The number of hydrogen-bond donors (Lipinski definition) is 3. The Bertz CT molecular complexity index is 1160. The van der Waals surface area contributed by atoms with E-state index in [1.165, 1.54) is 18.2 Å². The van der Waals surface area contributed by atoms with Crippen LogP contribution < -0.4 is 5.32 Å². The number of nitrogens with one attached hydrogen (secondary N) is 1. The lowest BCUT2D eigenvalue weighted by Crippen LogP contribution is -2.12. The minimum atomic E-state index is -1.20. The summed E-state index contributed by atoms with van der Waals surface area (Å²) in [5.74, 6) is -2.32. The molecule has 11 heteroatoms. The highest BCUT2D eigenvalue weighted by atomic mass is 35.5. The maximum atomic E-state index is 12.5. The summed E-state index contributed by atoms with van der Waals surface area (Å²) >= 11 is 12.1. The molecule has 148 valence electrons. The van der Waals surface area contributed by atoms with Gasteiger partial charge in [0.25, 0.3) is 11.6 Å². The molecule has 0 saturated carbocycles. The molecule has 0 spiro atoms. The number of aromatic hydroxyl groups is 1. The molecule has 29 heavy (non-hydrogen) atoms. The average Bonchev–Trinajstić information content (AvgIpc) is 3.15. The molecule has 0 aliphatic carbocycles. The van der Waals surface area contributed by atoms with Crippen molar-refractivity contribution in [2.45, 2.75) is 0 Å². The number of nitro groups is 1. The summed E-state index contributed by atoms with van der Waals surface area (Å²) in [5.41, 5.74) is -0.272.